The van der Waals surface area contributed by atoms with E-state index in [4.69, 9.17) is 16.3 Å². The topological polar surface area (TPSA) is 77.0 Å². The molecule has 2 aromatic rings. The molecule has 0 aromatic carbocycles. The number of carbonyl (C=O) groups is 1. The van der Waals surface area contributed by atoms with Crippen LogP contribution in [0.4, 0.5) is 5.95 Å². The summed E-state index contributed by atoms with van der Waals surface area (Å²) >= 11 is 5.86. The van der Waals surface area contributed by atoms with Gasteiger partial charge in [-0.05, 0) is 26.0 Å². The summed E-state index contributed by atoms with van der Waals surface area (Å²) in [5.41, 5.74) is 1.02. The van der Waals surface area contributed by atoms with E-state index < -0.39 is 0 Å². The first-order valence-electron chi connectivity index (χ1n) is 5.74. The molecule has 2 heterocycles. The summed E-state index contributed by atoms with van der Waals surface area (Å²) < 4.78 is 5.58. The minimum atomic E-state index is -0.253. The summed E-state index contributed by atoms with van der Waals surface area (Å²) in [6.45, 7) is 5.13. The number of ether oxygens (including phenoxy) is 1. The Balaban J connectivity index is 2.58. The number of hydrogen-bond donors (Lipinski definition) is 1. The zero-order valence-corrected chi connectivity index (χ0v) is 11.5. The van der Waals surface area contributed by atoms with Crippen molar-refractivity contribution in [3.05, 3.63) is 17.3 Å². The Bertz CT molecular complexity index is 630. The Labute approximate surface area is 115 Å². The Morgan fingerprint density at radius 2 is 2.05 bits per heavy atom. The predicted octanol–water partition coefficient (Wildman–Crippen LogP) is 2.42. The van der Waals surface area contributed by atoms with Gasteiger partial charge in [-0.1, -0.05) is 11.6 Å². The molecule has 0 unspecified atom stereocenters. The lowest BCUT2D eigenvalue weighted by molar-refractivity contribution is -0.114. The minimum absolute atomic E-state index is 0.0796. The van der Waals surface area contributed by atoms with Gasteiger partial charge in [0.15, 0.2) is 5.52 Å². The third kappa shape index (κ3) is 3.29. The van der Waals surface area contributed by atoms with Gasteiger partial charge in [0.05, 0.1) is 11.6 Å². The van der Waals surface area contributed by atoms with Gasteiger partial charge in [0.2, 0.25) is 17.7 Å². The molecule has 0 atom stereocenters. The number of halogens is 1. The van der Waals surface area contributed by atoms with E-state index in [1.54, 1.807) is 12.1 Å². The average Bonchev–Trinajstić information content (AvgIpc) is 2.28. The molecule has 100 valence electrons. The number of anilines is 1. The second-order valence-electron chi connectivity index (χ2n) is 4.20. The normalized spacial score (nSPS) is 10.8. The fraction of sp³-hybridized carbons (Fsp3) is 0.333. The van der Waals surface area contributed by atoms with Crippen molar-refractivity contribution in [2.45, 2.75) is 26.9 Å². The lowest BCUT2D eigenvalue weighted by Crippen LogP contribution is -2.13. The van der Waals surface area contributed by atoms with Crippen molar-refractivity contribution < 1.29 is 9.53 Å². The summed E-state index contributed by atoms with van der Waals surface area (Å²) in [7, 11) is 0. The average molecular weight is 281 g/mol. The van der Waals surface area contributed by atoms with Crippen molar-refractivity contribution >= 4 is 34.5 Å². The van der Waals surface area contributed by atoms with Crippen molar-refractivity contribution in [3.63, 3.8) is 0 Å². The summed E-state index contributed by atoms with van der Waals surface area (Å²) in [4.78, 5) is 23.5. The Morgan fingerprint density at radius 1 is 1.32 bits per heavy atom. The second kappa shape index (κ2) is 5.36. The minimum Gasteiger partial charge on any atom is -0.473 e. The van der Waals surface area contributed by atoms with E-state index in [0.717, 1.165) is 0 Å². The smallest absolute Gasteiger partial charge is 0.245 e. The molecule has 0 fully saturated rings. The van der Waals surface area contributed by atoms with Gasteiger partial charge >= 0.3 is 0 Å². The zero-order valence-electron chi connectivity index (χ0n) is 10.8. The molecule has 2 rings (SSSR count). The fourth-order valence-electron chi connectivity index (χ4n) is 1.48. The number of nitrogens with zero attached hydrogens (tertiary/aromatic N) is 3. The first-order chi connectivity index (χ1) is 8.95. The Kier molecular flexibility index (Phi) is 3.80. The predicted molar refractivity (Wildman–Crippen MR) is 72.4 cm³/mol. The number of carbonyl (C=O) groups excluding carboxylic acids is 1. The molecule has 0 radical (unpaired) electrons. The molecule has 0 aliphatic carbocycles. The number of rotatable bonds is 3. The van der Waals surface area contributed by atoms with E-state index in [9.17, 15) is 4.79 Å². The molecule has 0 saturated heterocycles. The number of aromatic nitrogens is 3. The highest BCUT2D eigenvalue weighted by atomic mass is 35.5. The monoisotopic (exact) mass is 280 g/mol. The summed E-state index contributed by atoms with van der Waals surface area (Å²) in [6, 6.07) is 3.32. The maximum atomic E-state index is 11.1. The molecule has 0 spiro atoms. The number of hydrogen-bond acceptors (Lipinski definition) is 5. The van der Waals surface area contributed by atoms with E-state index in [1.165, 1.54) is 6.92 Å². The first kappa shape index (κ1) is 13.5. The number of pyridine rings is 1. The van der Waals surface area contributed by atoms with Crippen LogP contribution in [0.1, 0.15) is 20.8 Å². The molecule has 0 saturated carbocycles. The van der Waals surface area contributed by atoms with Crippen molar-refractivity contribution in [3.8, 4) is 5.88 Å². The van der Waals surface area contributed by atoms with Crippen LogP contribution in [-0.2, 0) is 4.79 Å². The van der Waals surface area contributed by atoms with Gasteiger partial charge in [-0.15, -0.1) is 0 Å². The molecule has 19 heavy (non-hydrogen) atoms. The summed E-state index contributed by atoms with van der Waals surface area (Å²) in [5.74, 6) is 0.225. The van der Waals surface area contributed by atoms with Crippen LogP contribution in [0.5, 0.6) is 5.88 Å². The molecular weight excluding hydrogens is 268 g/mol. The molecule has 7 heteroatoms. The van der Waals surface area contributed by atoms with E-state index in [2.05, 4.69) is 20.3 Å². The largest absolute Gasteiger partial charge is 0.473 e. The molecular formula is C12H13ClN4O2. The number of nitrogens with one attached hydrogen (secondary N) is 1. The van der Waals surface area contributed by atoms with E-state index >= 15 is 0 Å². The first-order valence-corrected chi connectivity index (χ1v) is 6.12. The second-order valence-corrected chi connectivity index (χ2v) is 4.59. The van der Waals surface area contributed by atoms with Gasteiger partial charge < -0.3 is 4.74 Å². The van der Waals surface area contributed by atoms with Gasteiger partial charge in [0.25, 0.3) is 0 Å². The molecule has 1 amide bonds. The maximum absolute atomic E-state index is 11.1. The van der Waals surface area contributed by atoms with Crippen LogP contribution in [0, 0.1) is 0 Å². The maximum Gasteiger partial charge on any atom is 0.245 e. The molecule has 0 aliphatic rings. The van der Waals surface area contributed by atoms with Crippen LogP contribution in [0.25, 0.3) is 11.0 Å². The van der Waals surface area contributed by atoms with E-state index in [0.29, 0.717) is 22.1 Å². The van der Waals surface area contributed by atoms with Crippen LogP contribution in [0.2, 0.25) is 5.15 Å². The summed E-state index contributed by atoms with van der Waals surface area (Å²) in [6.07, 6.45) is -0.0796. The Hall–Kier alpha value is -1.95. The quantitative estimate of drug-likeness (QED) is 0.874. The molecule has 0 bridgehead atoms. The van der Waals surface area contributed by atoms with Crippen LogP contribution < -0.4 is 10.1 Å². The highest BCUT2D eigenvalue weighted by Crippen LogP contribution is 2.24. The zero-order chi connectivity index (χ0) is 14.0. The van der Waals surface area contributed by atoms with Crippen molar-refractivity contribution in [2.24, 2.45) is 0 Å². The number of fused-ring (bicyclic) bond motifs is 1. The van der Waals surface area contributed by atoms with Crippen molar-refractivity contribution in [2.75, 3.05) is 5.32 Å². The van der Waals surface area contributed by atoms with Crippen LogP contribution in [0.3, 0.4) is 0 Å². The van der Waals surface area contributed by atoms with E-state index in [1.807, 2.05) is 13.8 Å². The Morgan fingerprint density at radius 3 is 2.68 bits per heavy atom. The molecule has 6 nitrogen and oxygen atoms in total. The SMILES string of the molecule is CC(=O)Nc1nc(OC(C)C)c2nc(Cl)ccc2n1. The molecule has 1 N–H and O–H groups in total. The fourth-order valence-corrected chi connectivity index (χ4v) is 1.63. The van der Waals surface area contributed by atoms with Crippen LogP contribution in [-0.4, -0.2) is 27.0 Å². The van der Waals surface area contributed by atoms with Gasteiger partial charge in [0.1, 0.15) is 5.15 Å². The van der Waals surface area contributed by atoms with Crippen molar-refractivity contribution in [1.82, 2.24) is 15.0 Å². The van der Waals surface area contributed by atoms with Gasteiger partial charge in [-0.25, -0.2) is 9.97 Å². The standard InChI is InChI=1S/C12H13ClN4O2/c1-6(2)19-11-10-8(4-5-9(13)16-10)15-12(17-11)14-7(3)18/h4-6H,1-3H3,(H,14,15,17,18). The lowest BCUT2D eigenvalue weighted by atomic mass is 10.3. The highest BCUT2D eigenvalue weighted by molar-refractivity contribution is 6.29. The van der Waals surface area contributed by atoms with Gasteiger partial charge in [-0.2, -0.15) is 4.98 Å². The summed E-state index contributed by atoms with van der Waals surface area (Å²) in [5, 5.41) is 2.85. The third-order valence-electron chi connectivity index (χ3n) is 2.11. The van der Waals surface area contributed by atoms with E-state index in [-0.39, 0.29) is 18.0 Å². The van der Waals surface area contributed by atoms with Gasteiger partial charge in [-0.3, -0.25) is 10.1 Å². The number of amides is 1. The highest BCUT2D eigenvalue weighted by Gasteiger charge is 2.13. The molecule has 0 aliphatic heterocycles. The van der Waals surface area contributed by atoms with Crippen molar-refractivity contribution in [1.29, 1.82) is 0 Å². The molecule has 2 aromatic heterocycles. The lowest BCUT2D eigenvalue weighted by Gasteiger charge is -2.12. The van der Waals surface area contributed by atoms with Gasteiger partial charge in [0, 0.05) is 6.92 Å². The third-order valence-corrected chi connectivity index (χ3v) is 2.32. The van der Waals surface area contributed by atoms with Crippen LogP contribution in [0.15, 0.2) is 12.1 Å². The van der Waals surface area contributed by atoms with Crippen LogP contribution >= 0.6 is 11.6 Å².